The van der Waals surface area contributed by atoms with Crippen LogP contribution in [0, 0.1) is 5.92 Å². The van der Waals surface area contributed by atoms with Gasteiger partial charge in [0.2, 0.25) is 0 Å². The topological polar surface area (TPSA) is 26.0 Å². The number of nitrogens with two attached hydrogens (primary N) is 1. The Hall–Kier alpha value is -0.820. The first kappa shape index (κ1) is 23.2. The zero-order chi connectivity index (χ0) is 18.0. The maximum atomic E-state index is 5.56. The Morgan fingerprint density at radius 2 is 1.54 bits per heavy atom. The molecule has 0 aliphatic carbocycles. The molecule has 1 nitrogen and oxygen atoms in total. The Labute approximate surface area is 152 Å². The molecule has 1 heteroatoms. The van der Waals surface area contributed by atoms with Crippen molar-refractivity contribution in [3.63, 3.8) is 0 Å². The van der Waals surface area contributed by atoms with E-state index >= 15 is 0 Å². The molecule has 24 heavy (non-hydrogen) atoms. The number of unbranched alkanes of at least 4 members (excludes halogenated alkanes) is 6. The molecule has 0 fully saturated rings. The second-order valence-corrected chi connectivity index (χ2v) is 7.43. The minimum atomic E-state index is 0.710. The predicted octanol–water partition coefficient (Wildman–Crippen LogP) is 7.34. The second kappa shape index (κ2) is 17.0. The highest BCUT2D eigenvalue weighted by Crippen LogP contribution is 2.21. The Kier molecular flexibility index (Phi) is 16.4. The van der Waals surface area contributed by atoms with Gasteiger partial charge in [-0.3, -0.25) is 0 Å². The van der Waals surface area contributed by atoms with E-state index in [1.807, 2.05) is 0 Å². The van der Waals surface area contributed by atoms with Gasteiger partial charge in [0.25, 0.3) is 0 Å². The van der Waals surface area contributed by atoms with Crippen LogP contribution in [0.3, 0.4) is 0 Å². The van der Waals surface area contributed by atoms with Crippen LogP contribution in [-0.4, -0.2) is 6.54 Å². The van der Waals surface area contributed by atoms with Crippen LogP contribution in [0.2, 0.25) is 0 Å². The van der Waals surface area contributed by atoms with Gasteiger partial charge < -0.3 is 5.73 Å². The molecule has 0 saturated heterocycles. The highest BCUT2D eigenvalue weighted by Gasteiger charge is 2.05. The van der Waals surface area contributed by atoms with Crippen molar-refractivity contribution < 1.29 is 0 Å². The first-order chi connectivity index (χ1) is 11.6. The summed E-state index contributed by atoms with van der Waals surface area (Å²) in [5.41, 5.74) is 8.17. The third-order valence-corrected chi connectivity index (χ3v) is 4.66. The Bertz CT molecular complexity index is 340. The molecule has 1 atom stereocenters. The van der Waals surface area contributed by atoms with E-state index in [4.69, 9.17) is 5.73 Å². The lowest BCUT2D eigenvalue weighted by Gasteiger charge is -2.13. The van der Waals surface area contributed by atoms with Gasteiger partial charge >= 0.3 is 0 Å². The summed E-state index contributed by atoms with van der Waals surface area (Å²) in [6.45, 7) is 13.5. The fraction of sp³-hybridized carbons (Fsp3) is 0.739. The zero-order valence-electron chi connectivity index (χ0n) is 16.6. The molecule has 0 aliphatic rings. The van der Waals surface area contributed by atoms with E-state index in [-0.39, 0.29) is 0 Å². The maximum absolute atomic E-state index is 5.56. The minimum absolute atomic E-state index is 0.710. The average Bonchev–Trinajstić information content (AvgIpc) is 2.55. The fourth-order valence-corrected chi connectivity index (χ4v) is 3.04. The maximum Gasteiger partial charge on any atom is -0.00773 e. The molecule has 0 saturated carbocycles. The van der Waals surface area contributed by atoms with Crippen LogP contribution in [0.25, 0.3) is 0 Å². The van der Waals surface area contributed by atoms with E-state index < -0.39 is 0 Å². The van der Waals surface area contributed by atoms with E-state index in [0.717, 1.165) is 19.4 Å². The van der Waals surface area contributed by atoms with Crippen molar-refractivity contribution in [3.05, 3.63) is 36.5 Å². The summed E-state index contributed by atoms with van der Waals surface area (Å²) in [4.78, 5) is 0. The van der Waals surface area contributed by atoms with Gasteiger partial charge in [-0.15, -0.1) is 6.58 Å². The molecular formula is C23H43N. The summed E-state index contributed by atoms with van der Waals surface area (Å²) in [5, 5.41) is 0. The van der Waals surface area contributed by atoms with Crippen molar-refractivity contribution in [2.45, 2.75) is 97.3 Å². The van der Waals surface area contributed by atoms with Crippen molar-refractivity contribution >= 4 is 0 Å². The summed E-state index contributed by atoms with van der Waals surface area (Å²) >= 11 is 0. The molecule has 140 valence electrons. The smallest absolute Gasteiger partial charge is 0.00773 e. The molecule has 0 rings (SSSR count). The van der Waals surface area contributed by atoms with E-state index in [2.05, 4.69) is 39.2 Å². The normalized spacial score (nSPS) is 12.6. The highest BCUT2D eigenvalue weighted by molar-refractivity contribution is 5.15. The molecular weight excluding hydrogens is 290 g/mol. The first-order valence-electron chi connectivity index (χ1n) is 10.3. The lowest BCUT2D eigenvalue weighted by Crippen LogP contribution is -1.99. The van der Waals surface area contributed by atoms with Crippen LogP contribution >= 0.6 is 0 Å². The summed E-state index contributed by atoms with van der Waals surface area (Å²) in [6.07, 6.45) is 21.3. The van der Waals surface area contributed by atoms with Crippen molar-refractivity contribution in [1.29, 1.82) is 0 Å². The van der Waals surface area contributed by atoms with Gasteiger partial charge in [0.1, 0.15) is 0 Å². The molecule has 0 aromatic rings. The molecule has 0 bridgehead atoms. The van der Waals surface area contributed by atoms with Gasteiger partial charge in [-0.05, 0) is 64.3 Å². The lowest BCUT2D eigenvalue weighted by atomic mass is 9.93. The van der Waals surface area contributed by atoms with Crippen LogP contribution in [-0.2, 0) is 0 Å². The number of rotatable bonds is 17. The molecule has 0 aromatic heterocycles. The number of hydrogen-bond acceptors (Lipinski definition) is 1. The molecule has 0 radical (unpaired) electrons. The van der Waals surface area contributed by atoms with Crippen molar-refractivity contribution in [2.75, 3.05) is 6.54 Å². The third kappa shape index (κ3) is 16.1. The van der Waals surface area contributed by atoms with E-state index in [9.17, 15) is 0 Å². The van der Waals surface area contributed by atoms with E-state index in [0.29, 0.717) is 5.92 Å². The second-order valence-electron chi connectivity index (χ2n) is 7.43. The Morgan fingerprint density at radius 3 is 2.21 bits per heavy atom. The van der Waals surface area contributed by atoms with Gasteiger partial charge in [-0.1, -0.05) is 75.3 Å². The van der Waals surface area contributed by atoms with Gasteiger partial charge in [-0.2, -0.15) is 0 Å². The monoisotopic (exact) mass is 333 g/mol. The van der Waals surface area contributed by atoms with Gasteiger partial charge in [-0.25, -0.2) is 0 Å². The minimum Gasteiger partial charge on any atom is -0.330 e. The first-order valence-corrected chi connectivity index (χ1v) is 10.3. The standard InChI is InChI=1S/C23H43N/c1-5-6-10-15-22(4)18-19-23(17-13-14-21(2)3)16-11-8-7-9-12-20-24/h18-19,23H,2,4-17,20,24H2,1,3H3/b19-18+. The quantitative estimate of drug-likeness (QED) is 0.168. The van der Waals surface area contributed by atoms with Crippen LogP contribution < -0.4 is 5.73 Å². The highest BCUT2D eigenvalue weighted by atomic mass is 14.5. The summed E-state index contributed by atoms with van der Waals surface area (Å²) in [5.74, 6) is 0.710. The molecule has 0 spiro atoms. The zero-order valence-corrected chi connectivity index (χ0v) is 16.6. The van der Waals surface area contributed by atoms with Gasteiger partial charge in [0, 0.05) is 0 Å². The predicted molar refractivity (Wildman–Crippen MR) is 111 cm³/mol. The van der Waals surface area contributed by atoms with Crippen LogP contribution in [0.4, 0.5) is 0 Å². The SMILES string of the molecule is C=C(C)CCCC(/C=C/C(=C)CCCCC)CCCCCCCN. The largest absolute Gasteiger partial charge is 0.330 e. The molecule has 2 N–H and O–H groups in total. The average molecular weight is 334 g/mol. The molecule has 0 aliphatic heterocycles. The van der Waals surface area contributed by atoms with Crippen molar-refractivity contribution in [1.82, 2.24) is 0 Å². The van der Waals surface area contributed by atoms with Crippen LogP contribution in [0.1, 0.15) is 97.3 Å². The fourth-order valence-electron chi connectivity index (χ4n) is 3.04. The number of hydrogen-bond donors (Lipinski definition) is 1. The molecule has 0 amide bonds. The Morgan fingerprint density at radius 1 is 0.875 bits per heavy atom. The van der Waals surface area contributed by atoms with Crippen LogP contribution in [0.15, 0.2) is 36.5 Å². The van der Waals surface area contributed by atoms with Gasteiger partial charge in [0.05, 0.1) is 0 Å². The summed E-state index contributed by atoms with van der Waals surface area (Å²) in [7, 11) is 0. The molecule has 0 aromatic carbocycles. The van der Waals surface area contributed by atoms with Crippen LogP contribution in [0.5, 0.6) is 0 Å². The van der Waals surface area contributed by atoms with E-state index in [1.165, 1.54) is 81.8 Å². The third-order valence-electron chi connectivity index (χ3n) is 4.66. The molecule has 1 unspecified atom stereocenters. The molecule has 0 heterocycles. The van der Waals surface area contributed by atoms with Crippen molar-refractivity contribution in [3.8, 4) is 0 Å². The van der Waals surface area contributed by atoms with Gasteiger partial charge in [0.15, 0.2) is 0 Å². The number of allylic oxidation sites excluding steroid dienone is 4. The Balaban J connectivity index is 4.15. The summed E-state index contributed by atoms with van der Waals surface area (Å²) < 4.78 is 0. The lowest BCUT2D eigenvalue weighted by molar-refractivity contribution is 0.482. The van der Waals surface area contributed by atoms with Crippen molar-refractivity contribution in [2.24, 2.45) is 11.7 Å². The van der Waals surface area contributed by atoms with E-state index in [1.54, 1.807) is 0 Å². The summed E-state index contributed by atoms with van der Waals surface area (Å²) in [6, 6.07) is 0.